The molecule has 0 unspecified atom stereocenters. The van der Waals surface area contributed by atoms with E-state index in [-0.39, 0.29) is 11.3 Å². The summed E-state index contributed by atoms with van der Waals surface area (Å²) in [5.74, 6) is 0.291. The third kappa shape index (κ3) is 4.70. The van der Waals surface area contributed by atoms with E-state index in [2.05, 4.69) is 10.3 Å². The van der Waals surface area contributed by atoms with Crippen LogP contribution in [0.2, 0.25) is 0 Å². The van der Waals surface area contributed by atoms with Crippen molar-refractivity contribution < 1.29 is 17.9 Å². The van der Waals surface area contributed by atoms with Gasteiger partial charge < -0.3 is 10.1 Å². The number of dihydropyridines is 1. The number of hydrogen-bond acceptors (Lipinski definition) is 3. The predicted octanol–water partition coefficient (Wildman–Crippen LogP) is 5.45. The molecule has 0 bridgehead atoms. The zero-order chi connectivity index (χ0) is 19.7. The first-order valence-electron chi connectivity index (χ1n) is 8.62. The Bertz CT molecular complexity index is 893. The summed E-state index contributed by atoms with van der Waals surface area (Å²) in [5, 5.41) is 3.06. The quantitative estimate of drug-likeness (QED) is 0.776. The van der Waals surface area contributed by atoms with E-state index in [0.717, 1.165) is 17.2 Å². The molecule has 0 amide bonds. The lowest BCUT2D eigenvalue weighted by Crippen LogP contribution is -2.23. The number of allylic oxidation sites excluding steroid dienone is 2. The molecule has 0 spiro atoms. The van der Waals surface area contributed by atoms with Crippen molar-refractivity contribution >= 4 is 5.57 Å². The van der Waals surface area contributed by atoms with Gasteiger partial charge in [-0.25, -0.2) is 4.98 Å². The molecule has 0 fully saturated rings. The molecule has 0 aliphatic carbocycles. The molecule has 0 radical (unpaired) electrons. The molecule has 2 aromatic rings. The van der Waals surface area contributed by atoms with Crippen molar-refractivity contribution in [2.24, 2.45) is 0 Å². The van der Waals surface area contributed by atoms with Crippen molar-refractivity contribution in [2.75, 3.05) is 6.54 Å². The Hall–Kier alpha value is -2.76. The predicted molar refractivity (Wildman–Crippen MR) is 100 cm³/mol. The van der Waals surface area contributed by atoms with Crippen LogP contribution in [0.3, 0.4) is 0 Å². The summed E-state index contributed by atoms with van der Waals surface area (Å²) in [7, 11) is 0. The minimum atomic E-state index is -4.47. The van der Waals surface area contributed by atoms with Crippen LogP contribution in [0, 0.1) is 0 Å². The van der Waals surface area contributed by atoms with Gasteiger partial charge in [0.25, 0.3) is 0 Å². The van der Waals surface area contributed by atoms with E-state index >= 15 is 0 Å². The van der Waals surface area contributed by atoms with Crippen LogP contribution in [-0.2, 0) is 6.18 Å². The summed E-state index contributed by atoms with van der Waals surface area (Å²) < 4.78 is 46.3. The normalized spacial score (nSPS) is 14.5. The van der Waals surface area contributed by atoms with Crippen molar-refractivity contribution in [1.82, 2.24) is 10.3 Å². The third-order valence-electron chi connectivity index (χ3n) is 3.87. The molecule has 1 aliphatic heterocycles. The fourth-order valence-electron chi connectivity index (χ4n) is 2.80. The molecule has 0 atom stereocenters. The Morgan fingerprint density at radius 1 is 1.07 bits per heavy atom. The number of nitrogens with one attached hydrogen (secondary N) is 1. The number of pyridine rings is 1. The first-order chi connectivity index (χ1) is 12.6. The number of alkyl halides is 3. The average molecular weight is 374 g/mol. The number of ether oxygens (including phenoxy) is 1. The van der Waals surface area contributed by atoms with E-state index < -0.39 is 17.3 Å². The molecule has 1 aromatic carbocycles. The van der Waals surface area contributed by atoms with Crippen molar-refractivity contribution in [3.8, 4) is 17.1 Å². The smallest absolute Gasteiger partial charge is 0.417 e. The van der Waals surface area contributed by atoms with Gasteiger partial charge >= 0.3 is 6.18 Å². The molecule has 142 valence electrons. The second kappa shape index (κ2) is 7.10. The van der Waals surface area contributed by atoms with Crippen molar-refractivity contribution in [1.29, 1.82) is 0 Å². The molecule has 0 saturated heterocycles. The highest BCUT2D eigenvalue weighted by molar-refractivity contribution is 5.78. The van der Waals surface area contributed by atoms with Gasteiger partial charge in [-0.2, -0.15) is 13.2 Å². The fraction of sp³-hybridized carbons (Fsp3) is 0.286. The van der Waals surface area contributed by atoms with Gasteiger partial charge in [0.15, 0.2) is 0 Å². The Morgan fingerprint density at radius 3 is 2.44 bits per heavy atom. The molecule has 1 aromatic heterocycles. The van der Waals surface area contributed by atoms with Crippen LogP contribution in [-0.4, -0.2) is 17.1 Å². The maximum absolute atomic E-state index is 13.5. The van der Waals surface area contributed by atoms with Gasteiger partial charge in [0.2, 0.25) is 5.88 Å². The van der Waals surface area contributed by atoms with E-state index in [4.69, 9.17) is 4.74 Å². The SMILES string of the molecule is CC(C)(C)Oc1cc(C2=CCNC=C2)cc(-c2ccccc2C(F)(F)F)n1. The van der Waals surface area contributed by atoms with Gasteiger partial charge in [-0.05, 0) is 56.3 Å². The summed E-state index contributed by atoms with van der Waals surface area (Å²) in [6.45, 7) is 6.26. The van der Waals surface area contributed by atoms with E-state index in [1.807, 2.05) is 39.1 Å². The van der Waals surface area contributed by atoms with Gasteiger partial charge in [-0.15, -0.1) is 0 Å². The van der Waals surface area contributed by atoms with Crippen LogP contribution in [0.5, 0.6) is 5.88 Å². The summed E-state index contributed by atoms with van der Waals surface area (Å²) in [6, 6.07) is 8.88. The number of nitrogens with zero attached hydrogens (tertiary/aromatic N) is 1. The molecule has 2 heterocycles. The number of rotatable bonds is 3. The molecular weight excluding hydrogens is 353 g/mol. The first-order valence-corrected chi connectivity index (χ1v) is 8.62. The van der Waals surface area contributed by atoms with Crippen LogP contribution in [0.15, 0.2) is 54.8 Å². The Labute approximate surface area is 156 Å². The Balaban J connectivity index is 2.17. The maximum atomic E-state index is 13.5. The van der Waals surface area contributed by atoms with E-state index in [1.54, 1.807) is 18.2 Å². The number of aromatic nitrogens is 1. The average Bonchev–Trinajstić information content (AvgIpc) is 2.60. The molecule has 1 N–H and O–H groups in total. The molecule has 1 aliphatic rings. The molecule has 27 heavy (non-hydrogen) atoms. The summed E-state index contributed by atoms with van der Waals surface area (Å²) in [6.07, 6.45) is 1.19. The number of halogens is 3. The largest absolute Gasteiger partial charge is 0.472 e. The van der Waals surface area contributed by atoms with Crippen LogP contribution in [0.25, 0.3) is 16.8 Å². The minimum Gasteiger partial charge on any atom is -0.472 e. The maximum Gasteiger partial charge on any atom is 0.417 e. The van der Waals surface area contributed by atoms with Gasteiger partial charge in [0.05, 0.1) is 11.3 Å². The van der Waals surface area contributed by atoms with Crippen LogP contribution in [0.4, 0.5) is 13.2 Å². The van der Waals surface area contributed by atoms with Gasteiger partial charge in [-0.1, -0.05) is 24.3 Å². The molecule has 0 saturated carbocycles. The zero-order valence-corrected chi connectivity index (χ0v) is 15.4. The highest BCUT2D eigenvalue weighted by Gasteiger charge is 2.34. The lowest BCUT2D eigenvalue weighted by atomic mass is 9.99. The standard InChI is InChI=1S/C21H21F3N2O/c1-20(2,3)27-19-13-15(14-8-10-25-11-9-14)12-18(26-19)16-6-4-5-7-17(16)21(22,23)24/h4-10,12-13,25H,11H2,1-3H3. The molecule has 3 rings (SSSR count). The lowest BCUT2D eigenvalue weighted by Gasteiger charge is -2.22. The Kier molecular flexibility index (Phi) is 5.00. The topological polar surface area (TPSA) is 34.1 Å². The van der Waals surface area contributed by atoms with Gasteiger partial charge in [-0.3, -0.25) is 0 Å². The van der Waals surface area contributed by atoms with Gasteiger partial charge in [0, 0.05) is 18.2 Å². The second-order valence-corrected chi connectivity index (χ2v) is 7.24. The second-order valence-electron chi connectivity index (χ2n) is 7.24. The van der Waals surface area contributed by atoms with Crippen molar-refractivity contribution in [2.45, 2.75) is 32.5 Å². The van der Waals surface area contributed by atoms with Crippen molar-refractivity contribution in [3.05, 3.63) is 65.9 Å². The highest BCUT2D eigenvalue weighted by atomic mass is 19.4. The summed E-state index contributed by atoms with van der Waals surface area (Å²) >= 11 is 0. The van der Waals surface area contributed by atoms with E-state index in [9.17, 15) is 13.2 Å². The van der Waals surface area contributed by atoms with Gasteiger partial charge in [0.1, 0.15) is 5.60 Å². The minimum absolute atomic E-state index is 0.0316. The third-order valence-corrected chi connectivity index (χ3v) is 3.87. The Morgan fingerprint density at radius 2 is 1.81 bits per heavy atom. The van der Waals surface area contributed by atoms with Crippen LogP contribution in [0.1, 0.15) is 31.9 Å². The number of benzene rings is 1. The molecule has 3 nitrogen and oxygen atoms in total. The molecule has 6 heteroatoms. The van der Waals surface area contributed by atoms with Crippen LogP contribution < -0.4 is 10.1 Å². The fourth-order valence-corrected chi connectivity index (χ4v) is 2.80. The lowest BCUT2D eigenvalue weighted by molar-refractivity contribution is -0.137. The monoisotopic (exact) mass is 374 g/mol. The molecular formula is C21H21F3N2O. The first kappa shape index (κ1) is 19.0. The van der Waals surface area contributed by atoms with E-state index in [1.165, 1.54) is 12.1 Å². The van der Waals surface area contributed by atoms with Crippen LogP contribution >= 0.6 is 0 Å². The summed E-state index contributed by atoms with van der Waals surface area (Å²) in [4.78, 5) is 4.37. The summed E-state index contributed by atoms with van der Waals surface area (Å²) in [5.41, 5.74) is 0.683. The van der Waals surface area contributed by atoms with E-state index in [0.29, 0.717) is 12.4 Å². The van der Waals surface area contributed by atoms with Crippen molar-refractivity contribution in [3.63, 3.8) is 0 Å². The highest BCUT2D eigenvalue weighted by Crippen LogP contribution is 2.38. The zero-order valence-electron chi connectivity index (χ0n) is 15.4. The number of hydrogen-bond donors (Lipinski definition) is 1.